The molecule has 0 saturated carbocycles. The molecule has 0 spiro atoms. The summed E-state index contributed by atoms with van der Waals surface area (Å²) in [5.74, 6) is -0.887. The standard InChI is InChI=1S/C24H25F2NS/c1-14-9-16(3)18(10-15(14)2)11-19-13-28-24(27-19)22-21(25)12-17-7-5-4-6-8-20(17)23(22)26/h9-10,12-13H,4-8,11H2,1-3H3. The number of hydrogen-bond acceptors (Lipinski definition) is 2. The van der Waals surface area contributed by atoms with Crippen molar-refractivity contribution in [3.63, 3.8) is 0 Å². The van der Waals surface area contributed by atoms with Crippen molar-refractivity contribution >= 4 is 11.3 Å². The summed E-state index contributed by atoms with van der Waals surface area (Å²) in [6, 6.07) is 5.91. The maximum Gasteiger partial charge on any atom is 0.139 e. The van der Waals surface area contributed by atoms with Crippen LogP contribution in [0.3, 0.4) is 0 Å². The average molecular weight is 398 g/mol. The molecule has 0 aliphatic heterocycles. The van der Waals surface area contributed by atoms with Crippen molar-refractivity contribution in [1.82, 2.24) is 4.98 Å². The molecule has 0 radical (unpaired) electrons. The highest BCUT2D eigenvalue weighted by molar-refractivity contribution is 7.13. The predicted molar refractivity (Wildman–Crippen MR) is 112 cm³/mol. The van der Waals surface area contributed by atoms with Crippen LogP contribution in [-0.4, -0.2) is 4.98 Å². The van der Waals surface area contributed by atoms with E-state index in [1.165, 1.54) is 39.7 Å². The Hall–Kier alpha value is -2.07. The van der Waals surface area contributed by atoms with Crippen molar-refractivity contribution in [2.45, 2.75) is 59.3 Å². The van der Waals surface area contributed by atoms with Crippen molar-refractivity contribution in [2.24, 2.45) is 0 Å². The molecule has 1 heterocycles. The second-order valence-corrected chi connectivity index (χ2v) is 8.79. The lowest BCUT2D eigenvalue weighted by Gasteiger charge is -2.11. The summed E-state index contributed by atoms with van der Waals surface area (Å²) in [6.07, 6.45) is 5.17. The second-order valence-electron chi connectivity index (χ2n) is 7.93. The van der Waals surface area contributed by atoms with E-state index in [1.54, 1.807) is 0 Å². The summed E-state index contributed by atoms with van der Waals surface area (Å²) < 4.78 is 30.0. The first-order valence-corrected chi connectivity index (χ1v) is 10.8. The zero-order valence-corrected chi connectivity index (χ0v) is 17.5. The molecule has 1 nitrogen and oxygen atoms in total. The minimum absolute atomic E-state index is 0.0497. The lowest BCUT2D eigenvalue weighted by atomic mass is 9.98. The summed E-state index contributed by atoms with van der Waals surface area (Å²) >= 11 is 1.33. The van der Waals surface area contributed by atoms with Gasteiger partial charge < -0.3 is 0 Å². The van der Waals surface area contributed by atoms with Gasteiger partial charge in [-0.15, -0.1) is 11.3 Å². The minimum atomic E-state index is -0.485. The Bertz CT molecular complexity index is 1040. The number of thiazole rings is 1. The number of aryl methyl sites for hydroxylation is 4. The number of rotatable bonds is 3. The van der Waals surface area contributed by atoms with E-state index in [0.29, 0.717) is 23.4 Å². The summed E-state index contributed by atoms with van der Waals surface area (Å²) in [7, 11) is 0. The number of hydrogen-bond donors (Lipinski definition) is 0. The van der Waals surface area contributed by atoms with E-state index in [4.69, 9.17) is 0 Å². The molecule has 1 aliphatic rings. The highest BCUT2D eigenvalue weighted by Crippen LogP contribution is 2.35. The van der Waals surface area contributed by atoms with Gasteiger partial charge in [0, 0.05) is 11.8 Å². The molecule has 0 bridgehead atoms. The van der Waals surface area contributed by atoms with Crippen LogP contribution in [0.5, 0.6) is 0 Å². The molecule has 28 heavy (non-hydrogen) atoms. The molecule has 1 aliphatic carbocycles. The van der Waals surface area contributed by atoms with Crippen LogP contribution in [0.25, 0.3) is 10.6 Å². The number of nitrogens with zero attached hydrogens (tertiary/aromatic N) is 1. The molecule has 2 aromatic carbocycles. The zero-order valence-electron chi connectivity index (χ0n) is 16.7. The average Bonchev–Trinajstić information content (AvgIpc) is 2.96. The van der Waals surface area contributed by atoms with Gasteiger partial charge in [-0.25, -0.2) is 13.8 Å². The third-order valence-electron chi connectivity index (χ3n) is 5.87. The molecule has 4 rings (SSSR count). The predicted octanol–water partition coefficient (Wildman–Crippen LogP) is 6.87. The number of benzene rings is 2. The van der Waals surface area contributed by atoms with Crippen molar-refractivity contribution in [1.29, 1.82) is 0 Å². The largest absolute Gasteiger partial charge is 0.241 e. The van der Waals surface area contributed by atoms with Crippen LogP contribution < -0.4 is 0 Å². The Kier molecular flexibility index (Phi) is 5.33. The fourth-order valence-corrected chi connectivity index (χ4v) is 4.96. The van der Waals surface area contributed by atoms with Gasteiger partial charge in [0.2, 0.25) is 0 Å². The molecule has 0 amide bonds. The summed E-state index contributed by atoms with van der Waals surface area (Å²) in [4.78, 5) is 4.60. The molecule has 1 aromatic heterocycles. The Morgan fingerprint density at radius 2 is 1.68 bits per heavy atom. The van der Waals surface area contributed by atoms with Gasteiger partial charge in [0.15, 0.2) is 0 Å². The summed E-state index contributed by atoms with van der Waals surface area (Å²) in [5.41, 5.74) is 7.39. The third kappa shape index (κ3) is 3.62. The highest BCUT2D eigenvalue weighted by atomic mass is 32.1. The first kappa shape index (κ1) is 19.3. The third-order valence-corrected chi connectivity index (χ3v) is 6.78. The van der Waals surface area contributed by atoms with E-state index < -0.39 is 11.6 Å². The maximum atomic E-state index is 15.2. The smallest absolute Gasteiger partial charge is 0.139 e. The molecule has 4 heteroatoms. The SMILES string of the molecule is Cc1cc(C)c(Cc2csc(-c3c(F)cc4c(c3F)CCCCC4)n2)cc1C. The maximum absolute atomic E-state index is 15.2. The zero-order chi connectivity index (χ0) is 19.8. The molecule has 0 unspecified atom stereocenters. The minimum Gasteiger partial charge on any atom is -0.241 e. The molecule has 0 N–H and O–H groups in total. The van der Waals surface area contributed by atoms with E-state index in [0.717, 1.165) is 36.9 Å². The van der Waals surface area contributed by atoms with Crippen molar-refractivity contribution < 1.29 is 8.78 Å². The molecule has 0 atom stereocenters. The van der Waals surface area contributed by atoms with E-state index in [1.807, 2.05) is 5.38 Å². The van der Waals surface area contributed by atoms with Gasteiger partial charge in [-0.2, -0.15) is 0 Å². The molecule has 0 saturated heterocycles. The molecule has 146 valence electrons. The topological polar surface area (TPSA) is 12.9 Å². The van der Waals surface area contributed by atoms with Crippen LogP contribution in [0.2, 0.25) is 0 Å². The van der Waals surface area contributed by atoms with E-state index >= 15 is 4.39 Å². The van der Waals surface area contributed by atoms with Crippen molar-refractivity contribution in [3.05, 3.63) is 74.3 Å². The van der Waals surface area contributed by atoms with Crippen LogP contribution in [0, 0.1) is 32.4 Å². The first-order valence-electron chi connectivity index (χ1n) is 9.95. The van der Waals surface area contributed by atoms with Gasteiger partial charge in [-0.1, -0.05) is 18.6 Å². The van der Waals surface area contributed by atoms with Crippen LogP contribution in [0.15, 0.2) is 23.6 Å². The van der Waals surface area contributed by atoms with Gasteiger partial charge in [-0.05, 0) is 85.9 Å². The molecular weight excluding hydrogens is 372 g/mol. The number of halogens is 2. The van der Waals surface area contributed by atoms with E-state index in [2.05, 4.69) is 37.9 Å². The van der Waals surface area contributed by atoms with Crippen LogP contribution in [-0.2, 0) is 19.3 Å². The number of fused-ring (bicyclic) bond motifs is 1. The van der Waals surface area contributed by atoms with Crippen LogP contribution in [0.1, 0.15) is 58.3 Å². The van der Waals surface area contributed by atoms with Crippen molar-refractivity contribution in [2.75, 3.05) is 0 Å². The fraction of sp³-hybridized carbons (Fsp3) is 0.375. The second kappa shape index (κ2) is 7.75. The van der Waals surface area contributed by atoms with Gasteiger partial charge in [0.25, 0.3) is 0 Å². The number of aromatic nitrogens is 1. The van der Waals surface area contributed by atoms with Crippen LogP contribution in [0.4, 0.5) is 8.78 Å². The van der Waals surface area contributed by atoms with E-state index in [9.17, 15) is 4.39 Å². The van der Waals surface area contributed by atoms with Gasteiger partial charge in [0.05, 0.1) is 11.3 Å². The Morgan fingerprint density at radius 1 is 0.929 bits per heavy atom. The first-order chi connectivity index (χ1) is 13.4. The van der Waals surface area contributed by atoms with Crippen molar-refractivity contribution in [3.8, 4) is 10.6 Å². The Labute approximate surface area is 169 Å². The highest BCUT2D eigenvalue weighted by Gasteiger charge is 2.23. The lowest BCUT2D eigenvalue weighted by Crippen LogP contribution is -2.02. The van der Waals surface area contributed by atoms with E-state index in [-0.39, 0.29) is 5.56 Å². The van der Waals surface area contributed by atoms with Gasteiger partial charge in [0.1, 0.15) is 16.6 Å². The molecule has 0 fully saturated rings. The lowest BCUT2D eigenvalue weighted by molar-refractivity contribution is 0.574. The summed E-state index contributed by atoms with van der Waals surface area (Å²) in [5, 5.41) is 2.37. The molecular formula is C24H25F2NS. The Morgan fingerprint density at radius 3 is 2.50 bits per heavy atom. The fourth-order valence-electron chi connectivity index (χ4n) is 4.10. The normalized spacial score (nSPS) is 14.0. The van der Waals surface area contributed by atoms with Gasteiger partial charge in [-0.3, -0.25) is 0 Å². The summed E-state index contributed by atoms with van der Waals surface area (Å²) in [6.45, 7) is 6.31. The van der Waals surface area contributed by atoms with Gasteiger partial charge >= 0.3 is 0 Å². The quantitative estimate of drug-likeness (QED) is 0.439. The molecule has 3 aromatic rings. The monoisotopic (exact) mass is 397 g/mol. The Balaban J connectivity index is 1.68. The van der Waals surface area contributed by atoms with Crippen LogP contribution >= 0.6 is 11.3 Å².